The molecule has 0 amide bonds. The van der Waals surface area contributed by atoms with Gasteiger partial charge in [0.1, 0.15) is 18.2 Å². The zero-order valence-electron chi connectivity index (χ0n) is 20.8. The van der Waals surface area contributed by atoms with Crippen LogP contribution in [-0.2, 0) is 6.61 Å². The fourth-order valence-electron chi connectivity index (χ4n) is 4.78. The average Bonchev–Trinajstić information content (AvgIpc) is 2.93. The lowest BCUT2D eigenvalue weighted by molar-refractivity contribution is 0.279. The quantitative estimate of drug-likeness (QED) is 0.195. The number of nitrogens with zero attached hydrogens (tertiary/aromatic N) is 3. The molecule has 1 fully saturated rings. The Labute approximate surface area is 236 Å². The molecule has 1 aliphatic carbocycles. The Morgan fingerprint density at radius 2 is 1.87 bits per heavy atom. The van der Waals surface area contributed by atoms with Gasteiger partial charge in [-0.2, -0.15) is 9.78 Å². The van der Waals surface area contributed by atoms with E-state index < -0.39 is 0 Å². The van der Waals surface area contributed by atoms with E-state index in [0.717, 1.165) is 34.6 Å². The molecule has 0 spiro atoms. The van der Waals surface area contributed by atoms with E-state index in [1.165, 1.54) is 24.3 Å². The minimum atomic E-state index is -0.351. The minimum absolute atomic E-state index is 0.00430. The van der Waals surface area contributed by atoms with E-state index in [0.29, 0.717) is 39.4 Å². The smallest absolute Gasteiger partial charge is 0.282 e. The van der Waals surface area contributed by atoms with Gasteiger partial charge in [-0.1, -0.05) is 69.3 Å². The van der Waals surface area contributed by atoms with Gasteiger partial charge in [0.15, 0.2) is 11.5 Å². The Morgan fingerprint density at radius 1 is 1.08 bits per heavy atom. The van der Waals surface area contributed by atoms with Crippen LogP contribution in [0.2, 0.25) is 0 Å². The van der Waals surface area contributed by atoms with E-state index in [9.17, 15) is 9.18 Å². The van der Waals surface area contributed by atoms with Crippen LogP contribution in [0, 0.1) is 5.82 Å². The maximum Gasteiger partial charge on any atom is 0.282 e. The van der Waals surface area contributed by atoms with E-state index >= 15 is 0 Å². The van der Waals surface area contributed by atoms with Crippen LogP contribution in [0.15, 0.2) is 73.4 Å². The van der Waals surface area contributed by atoms with Gasteiger partial charge in [-0.15, -0.1) is 0 Å². The number of methoxy groups -OCH3 is 1. The molecule has 9 heteroatoms. The number of ether oxygens (including phenoxy) is 2. The van der Waals surface area contributed by atoms with Crippen LogP contribution in [0.4, 0.5) is 4.39 Å². The van der Waals surface area contributed by atoms with E-state index in [-0.39, 0.29) is 23.9 Å². The van der Waals surface area contributed by atoms with Crippen molar-refractivity contribution in [1.82, 2.24) is 9.66 Å². The largest absolute Gasteiger partial charge is 0.493 e. The lowest BCUT2D eigenvalue weighted by atomic mass is 9.88. The lowest BCUT2D eigenvalue weighted by Gasteiger charge is -2.23. The summed E-state index contributed by atoms with van der Waals surface area (Å²) in [6, 6.07) is 15.6. The number of halogens is 3. The van der Waals surface area contributed by atoms with Gasteiger partial charge in [-0.3, -0.25) is 4.79 Å². The second-order valence-electron chi connectivity index (χ2n) is 9.23. The number of fused-ring (bicyclic) bond motifs is 1. The fraction of sp³-hybridized carbons (Fsp3) is 0.276. The van der Waals surface area contributed by atoms with Crippen molar-refractivity contribution in [2.75, 3.05) is 7.11 Å². The van der Waals surface area contributed by atoms with Crippen LogP contribution in [0.1, 0.15) is 55.0 Å². The first-order valence-electron chi connectivity index (χ1n) is 12.4. The topological polar surface area (TPSA) is 65.7 Å². The number of hydrogen-bond donors (Lipinski definition) is 0. The van der Waals surface area contributed by atoms with Gasteiger partial charge >= 0.3 is 0 Å². The summed E-state index contributed by atoms with van der Waals surface area (Å²) in [4.78, 5) is 18.6. The first-order valence-corrected chi connectivity index (χ1v) is 14.0. The Morgan fingerprint density at radius 3 is 2.63 bits per heavy atom. The van der Waals surface area contributed by atoms with E-state index in [4.69, 9.17) is 14.5 Å². The summed E-state index contributed by atoms with van der Waals surface area (Å²) < 4.78 is 28.8. The Bertz CT molecular complexity index is 1570. The summed E-state index contributed by atoms with van der Waals surface area (Å²) in [6.07, 6.45) is 6.88. The molecule has 0 saturated heterocycles. The number of benzene rings is 3. The molecular weight excluding hydrogens is 617 g/mol. The highest BCUT2D eigenvalue weighted by Gasteiger charge is 2.23. The highest BCUT2D eigenvalue weighted by Crippen LogP contribution is 2.35. The van der Waals surface area contributed by atoms with Crippen molar-refractivity contribution in [3.05, 3.63) is 96.7 Å². The van der Waals surface area contributed by atoms with E-state index in [1.807, 2.05) is 18.2 Å². The molecule has 1 heterocycles. The summed E-state index contributed by atoms with van der Waals surface area (Å²) in [5.74, 6) is 1.31. The van der Waals surface area contributed by atoms with Gasteiger partial charge < -0.3 is 9.47 Å². The maximum absolute atomic E-state index is 14.2. The summed E-state index contributed by atoms with van der Waals surface area (Å²) >= 11 is 6.97. The molecule has 1 aromatic heterocycles. The number of hydrogen-bond acceptors (Lipinski definition) is 5. The molecule has 3 aromatic carbocycles. The molecule has 0 atom stereocenters. The van der Waals surface area contributed by atoms with Gasteiger partial charge in [0.2, 0.25) is 0 Å². The van der Waals surface area contributed by atoms with Crippen molar-refractivity contribution in [1.29, 1.82) is 0 Å². The van der Waals surface area contributed by atoms with Gasteiger partial charge in [0.25, 0.3) is 5.56 Å². The Hall–Kier alpha value is -3.04. The van der Waals surface area contributed by atoms with E-state index in [1.54, 1.807) is 36.5 Å². The highest BCUT2D eigenvalue weighted by molar-refractivity contribution is 9.10. The third kappa shape index (κ3) is 5.68. The maximum atomic E-state index is 14.2. The Balaban J connectivity index is 1.59. The molecule has 38 heavy (non-hydrogen) atoms. The molecular formula is C29H26Br2FN3O3. The van der Waals surface area contributed by atoms with Crippen molar-refractivity contribution in [3.8, 4) is 11.5 Å². The van der Waals surface area contributed by atoms with Crippen molar-refractivity contribution < 1.29 is 13.9 Å². The summed E-state index contributed by atoms with van der Waals surface area (Å²) in [5.41, 5.74) is 1.41. The number of aromatic nitrogens is 2. The van der Waals surface area contributed by atoms with Crippen LogP contribution >= 0.6 is 31.9 Å². The van der Waals surface area contributed by atoms with Gasteiger partial charge in [-0.25, -0.2) is 9.37 Å². The predicted octanol–water partition coefficient (Wildman–Crippen LogP) is 7.58. The van der Waals surface area contributed by atoms with Crippen LogP contribution < -0.4 is 15.0 Å². The molecule has 196 valence electrons. The van der Waals surface area contributed by atoms with Crippen molar-refractivity contribution in [2.24, 2.45) is 5.10 Å². The molecule has 0 bridgehead atoms. The standard InChI is InChI=1S/C29H26Br2FN3O3/c1-37-26-15-22(31)13-20(27(26)38-17-19-9-5-6-10-24(19)32)16-33-35-28(18-7-3-2-4-8-18)34-25-12-11-21(30)14-23(25)29(35)36/h5-6,9-16,18H,2-4,7-8,17H2,1H3. The minimum Gasteiger partial charge on any atom is -0.493 e. The molecule has 0 radical (unpaired) electrons. The predicted molar refractivity (Wildman–Crippen MR) is 154 cm³/mol. The first kappa shape index (κ1) is 26.6. The molecule has 1 aliphatic rings. The van der Waals surface area contributed by atoms with Gasteiger partial charge in [0.05, 0.1) is 24.2 Å². The molecule has 0 unspecified atom stereocenters. The zero-order chi connectivity index (χ0) is 26.6. The highest BCUT2D eigenvalue weighted by atomic mass is 79.9. The zero-order valence-corrected chi connectivity index (χ0v) is 24.0. The van der Waals surface area contributed by atoms with Crippen molar-refractivity contribution >= 4 is 49.0 Å². The SMILES string of the molecule is COc1cc(Br)cc(C=Nn2c(C3CCCCC3)nc3ccc(Br)cc3c2=O)c1OCc1ccccc1F. The first-order chi connectivity index (χ1) is 18.4. The summed E-state index contributed by atoms with van der Waals surface area (Å²) in [6.45, 7) is 0.00430. The number of rotatable bonds is 7. The molecule has 5 rings (SSSR count). The van der Waals surface area contributed by atoms with Crippen molar-refractivity contribution in [2.45, 2.75) is 44.6 Å². The third-order valence-corrected chi connectivity index (χ3v) is 7.67. The fourth-order valence-corrected chi connectivity index (χ4v) is 5.59. The van der Waals surface area contributed by atoms with Crippen molar-refractivity contribution in [3.63, 3.8) is 0 Å². The van der Waals surface area contributed by atoms with Crippen LogP contribution in [0.5, 0.6) is 11.5 Å². The average molecular weight is 643 g/mol. The van der Waals surface area contributed by atoms with Gasteiger partial charge in [-0.05, 0) is 49.2 Å². The molecule has 6 nitrogen and oxygen atoms in total. The van der Waals surface area contributed by atoms with Crippen LogP contribution in [0.3, 0.4) is 0 Å². The summed E-state index contributed by atoms with van der Waals surface area (Å²) in [5, 5.41) is 5.14. The normalized spacial score (nSPS) is 14.3. The second-order valence-corrected chi connectivity index (χ2v) is 11.1. The van der Waals surface area contributed by atoms with Crippen LogP contribution in [0.25, 0.3) is 10.9 Å². The van der Waals surface area contributed by atoms with E-state index in [2.05, 4.69) is 37.0 Å². The molecule has 0 aliphatic heterocycles. The molecule has 1 saturated carbocycles. The van der Waals surface area contributed by atoms with Crippen LogP contribution in [-0.4, -0.2) is 23.0 Å². The molecule has 4 aromatic rings. The Kier molecular flexibility index (Phi) is 8.24. The monoisotopic (exact) mass is 641 g/mol. The summed E-state index contributed by atoms with van der Waals surface area (Å²) in [7, 11) is 1.54. The lowest BCUT2D eigenvalue weighted by Crippen LogP contribution is -2.25. The molecule has 0 N–H and O–H groups in total. The third-order valence-electron chi connectivity index (χ3n) is 6.71. The second kappa shape index (κ2) is 11.8. The van der Waals surface area contributed by atoms with Gasteiger partial charge in [0, 0.05) is 26.0 Å².